The van der Waals surface area contributed by atoms with Crippen molar-refractivity contribution in [2.45, 2.75) is 96.8 Å². The molecular weight excluding hydrogens is 346 g/mol. The van der Waals surface area contributed by atoms with Gasteiger partial charge in [0.2, 0.25) is 0 Å². The standard InChI is InChI=1S/C25H41NO2/c1-3-5-6-7-8-9-10-11-12-13-14-15-18-21-26-24-20-17-16-19-23(24)22(4-2)25(27)28/h13-14,16-17,19-20,22,26H,3-12,15,18,21H2,1-2H3,(H,27,28). The molecule has 0 bridgehead atoms. The molecule has 2 N–H and O–H groups in total. The molecule has 0 spiro atoms. The van der Waals surface area contributed by atoms with Gasteiger partial charge in [0.05, 0.1) is 5.92 Å². The van der Waals surface area contributed by atoms with E-state index in [2.05, 4.69) is 24.4 Å². The topological polar surface area (TPSA) is 49.3 Å². The third-order valence-electron chi connectivity index (χ3n) is 5.30. The second-order valence-corrected chi connectivity index (χ2v) is 7.69. The highest BCUT2D eigenvalue weighted by Crippen LogP contribution is 2.27. The van der Waals surface area contributed by atoms with Crippen LogP contribution in [0.15, 0.2) is 36.4 Å². The molecule has 0 saturated heterocycles. The minimum Gasteiger partial charge on any atom is -0.481 e. The summed E-state index contributed by atoms with van der Waals surface area (Å²) in [5.74, 6) is -1.18. The quantitative estimate of drug-likeness (QED) is 0.214. The largest absolute Gasteiger partial charge is 0.481 e. The number of allylic oxidation sites excluding steroid dienone is 2. The number of rotatable bonds is 17. The molecule has 0 fully saturated rings. The molecule has 0 aliphatic carbocycles. The zero-order chi connectivity index (χ0) is 20.5. The van der Waals surface area contributed by atoms with Crippen LogP contribution in [0.4, 0.5) is 5.69 Å². The number of unbranched alkanes of at least 4 members (excludes halogenated alkanes) is 9. The highest BCUT2D eigenvalue weighted by Gasteiger charge is 2.20. The van der Waals surface area contributed by atoms with Gasteiger partial charge in [-0.05, 0) is 43.7 Å². The number of benzene rings is 1. The van der Waals surface area contributed by atoms with E-state index < -0.39 is 11.9 Å². The molecule has 158 valence electrons. The zero-order valence-corrected chi connectivity index (χ0v) is 18.1. The van der Waals surface area contributed by atoms with E-state index >= 15 is 0 Å². The summed E-state index contributed by atoms with van der Waals surface area (Å²) < 4.78 is 0. The number of carboxylic acids is 1. The number of anilines is 1. The third kappa shape index (κ3) is 10.5. The summed E-state index contributed by atoms with van der Waals surface area (Å²) in [5.41, 5.74) is 1.85. The van der Waals surface area contributed by atoms with Crippen molar-refractivity contribution in [1.82, 2.24) is 0 Å². The summed E-state index contributed by atoms with van der Waals surface area (Å²) >= 11 is 0. The van der Waals surface area contributed by atoms with Crippen LogP contribution in [0.3, 0.4) is 0 Å². The van der Waals surface area contributed by atoms with Gasteiger partial charge < -0.3 is 10.4 Å². The van der Waals surface area contributed by atoms with E-state index in [0.717, 1.165) is 30.6 Å². The predicted octanol–water partition coefficient (Wildman–Crippen LogP) is 7.54. The highest BCUT2D eigenvalue weighted by atomic mass is 16.4. The minimum atomic E-state index is -0.749. The minimum absolute atomic E-state index is 0.435. The van der Waals surface area contributed by atoms with Crippen LogP contribution in [-0.4, -0.2) is 17.6 Å². The number of hydrogen-bond donors (Lipinski definition) is 2. The first kappa shape index (κ1) is 24.3. The first-order valence-corrected chi connectivity index (χ1v) is 11.4. The molecule has 3 nitrogen and oxygen atoms in total. The Morgan fingerprint density at radius 3 is 2.18 bits per heavy atom. The van der Waals surface area contributed by atoms with E-state index in [4.69, 9.17) is 0 Å². The van der Waals surface area contributed by atoms with Gasteiger partial charge in [-0.15, -0.1) is 0 Å². The number of nitrogens with one attached hydrogen (secondary N) is 1. The second-order valence-electron chi connectivity index (χ2n) is 7.69. The molecule has 1 aromatic rings. The molecule has 0 aliphatic rings. The third-order valence-corrected chi connectivity index (χ3v) is 5.30. The first-order valence-electron chi connectivity index (χ1n) is 11.4. The van der Waals surface area contributed by atoms with Crippen molar-refractivity contribution in [1.29, 1.82) is 0 Å². The molecule has 1 unspecified atom stereocenters. The van der Waals surface area contributed by atoms with Gasteiger partial charge in [-0.2, -0.15) is 0 Å². The Kier molecular flexibility index (Phi) is 14.0. The smallest absolute Gasteiger partial charge is 0.311 e. The van der Waals surface area contributed by atoms with Crippen molar-refractivity contribution in [3.05, 3.63) is 42.0 Å². The summed E-state index contributed by atoms with van der Waals surface area (Å²) in [6.45, 7) is 5.06. The Hall–Kier alpha value is -1.77. The lowest BCUT2D eigenvalue weighted by molar-refractivity contribution is -0.138. The Balaban J connectivity index is 2.13. The zero-order valence-electron chi connectivity index (χ0n) is 18.1. The number of carbonyl (C=O) groups is 1. The van der Waals surface area contributed by atoms with Crippen LogP contribution in [-0.2, 0) is 4.79 Å². The van der Waals surface area contributed by atoms with Crippen LogP contribution in [0.5, 0.6) is 0 Å². The fraction of sp³-hybridized carbons (Fsp3) is 0.640. The van der Waals surface area contributed by atoms with Gasteiger partial charge in [0.1, 0.15) is 0 Å². The fourth-order valence-electron chi connectivity index (χ4n) is 3.56. The Morgan fingerprint density at radius 1 is 0.929 bits per heavy atom. The predicted molar refractivity (Wildman–Crippen MR) is 121 cm³/mol. The van der Waals surface area contributed by atoms with Crippen molar-refractivity contribution >= 4 is 11.7 Å². The summed E-state index contributed by atoms with van der Waals surface area (Å²) in [7, 11) is 0. The summed E-state index contributed by atoms with van der Waals surface area (Å²) in [4.78, 5) is 11.4. The summed E-state index contributed by atoms with van der Waals surface area (Å²) in [6, 6.07) is 7.79. The van der Waals surface area contributed by atoms with Gasteiger partial charge in [-0.25, -0.2) is 0 Å². The first-order chi connectivity index (χ1) is 13.7. The van der Waals surface area contributed by atoms with Gasteiger partial charge in [0.15, 0.2) is 0 Å². The Morgan fingerprint density at radius 2 is 1.54 bits per heavy atom. The molecule has 0 amide bonds. The van der Waals surface area contributed by atoms with Crippen molar-refractivity contribution in [2.24, 2.45) is 0 Å². The van der Waals surface area contributed by atoms with Gasteiger partial charge in [0.25, 0.3) is 0 Å². The lowest BCUT2D eigenvalue weighted by Crippen LogP contribution is -2.13. The molecule has 0 aromatic heterocycles. The number of aliphatic carboxylic acids is 1. The molecule has 0 aliphatic heterocycles. The monoisotopic (exact) mass is 387 g/mol. The van der Waals surface area contributed by atoms with Crippen LogP contribution >= 0.6 is 0 Å². The van der Waals surface area contributed by atoms with Gasteiger partial charge >= 0.3 is 5.97 Å². The molecule has 0 heterocycles. The fourth-order valence-corrected chi connectivity index (χ4v) is 3.56. The van der Waals surface area contributed by atoms with Crippen LogP contribution in [0.25, 0.3) is 0 Å². The number of hydrogen-bond acceptors (Lipinski definition) is 2. The van der Waals surface area contributed by atoms with Gasteiger partial charge in [-0.3, -0.25) is 4.79 Å². The Labute approximate surface area is 172 Å². The van der Waals surface area contributed by atoms with E-state index in [-0.39, 0.29) is 0 Å². The molecule has 1 rings (SSSR count). The maximum Gasteiger partial charge on any atom is 0.311 e. The Bertz CT molecular complexity index is 553. The second kappa shape index (κ2) is 16.2. The van der Waals surface area contributed by atoms with Gasteiger partial charge in [-0.1, -0.05) is 89.1 Å². The number of carboxylic acid groups (broad SMARTS) is 1. The van der Waals surface area contributed by atoms with Crippen LogP contribution in [0.1, 0.15) is 102 Å². The highest BCUT2D eigenvalue weighted by molar-refractivity contribution is 5.78. The maximum absolute atomic E-state index is 11.4. The van der Waals surface area contributed by atoms with Crippen molar-refractivity contribution < 1.29 is 9.90 Å². The molecular formula is C25H41NO2. The van der Waals surface area contributed by atoms with Crippen molar-refractivity contribution in [3.8, 4) is 0 Å². The van der Waals surface area contributed by atoms with E-state index in [1.165, 1.54) is 57.8 Å². The summed E-state index contributed by atoms with van der Waals surface area (Å²) in [6.07, 6.45) is 19.5. The van der Waals surface area contributed by atoms with Crippen LogP contribution in [0, 0.1) is 0 Å². The van der Waals surface area contributed by atoms with E-state index in [0.29, 0.717) is 6.42 Å². The van der Waals surface area contributed by atoms with Gasteiger partial charge in [0, 0.05) is 12.2 Å². The number of para-hydroxylation sites is 1. The molecule has 0 saturated carbocycles. The van der Waals surface area contributed by atoms with E-state index in [9.17, 15) is 9.90 Å². The SMILES string of the molecule is CCCCCCCCCCC=CCCCNc1ccccc1C(CC)C(=O)O. The normalized spacial score (nSPS) is 12.4. The molecule has 3 heteroatoms. The van der Waals surface area contributed by atoms with E-state index in [1.807, 2.05) is 31.2 Å². The average molecular weight is 388 g/mol. The lowest BCUT2D eigenvalue weighted by atomic mass is 9.95. The maximum atomic E-state index is 11.4. The molecule has 1 aromatic carbocycles. The average Bonchev–Trinajstić information content (AvgIpc) is 2.69. The lowest BCUT2D eigenvalue weighted by Gasteiger charge is -2.16. The van der Waals surface area contributed by atoms with Crippen molar-refractivity contribution in [3.63, 3.8) is 0 Å². The molecule has 0 radical (unpaired) electrons. The summed E-state index contributed by atoms with van der Waals surface area (Å²) in [5, 5.41) is 12.8. The molecule has 28 heavy (non-hydrogen) atoms. The van der Waals surface area contributed by atoms with E-state index in [1.54, 1.807) is 0 Å². The molecule has 1 atom stereocenters. The van der Waals surface area contributed by atoms with Crippen LogP contribution < -0.4 is 5.32 Å². The van der Waals surface area contributed by atoms with Crippen LogP contribution in [0.2, 0.25) is 0 Å². The van der Waals surface area contributed by atoms with Crippen molar-refractivity contribution in [2.75, 3.05) is 11.9 Å².